The summed E-state index contributed by atoms with van der Waals surface area (Å²) in [5, 5.41) is 11.5. The number of nitrogens with one attached hydrogen (secondary N) is 2. The standard InChI is InChI=1S/C25H30N4O5S/c1-2-3-4-5-6-7-16-35(31,32)29-19-8-11-21(12-9-19)33-18-24(30)27-20-10-13-22-23(17-20)34-25(28-22)14-15-26/h8-13,17,29H,2-7,14,16,18H2,1H3,(H,27,30). The minimum absolute atomic E-state index is 0.0730. The van der Waals surface area contributed by atoms with Crippen LogP contribution in [0.25, 0.3) is 11.1 Å². The van der Waals surface area contributed by atoms with E-state index in [-0.39, 0.29) is 24.7 Å². The number of ether oxygens (including phenoxy) is 1. The molecule has 9 nitrogen and oxygen atoms in total. The van der Waals surface area contributed by atoms with Crippen LogP contribution in [-0.4, -0.2) is 31.7 Å². The van der Waals surface area contributed by atoms with E-state index in [9.17, 15) is 13.2 Å². The van der Waals surface area contributed by atoms with Gasteiger partial charge in [-0.3, -0.25) is 9.52 Å². The van der Waals surface area contributed by atoms with E-state index >= 15 is 0 Å². The summed E-state index contributed by atoms with van der Waals surface area (Å²) < 4.78 is 38.1. The van der Waals surface area contributed by atoms with Crippen molar-refractivity contribution in [2.45, 2.75) is 51.9 Å². The third-order valence-electron chi connectivity index (χ3n) is 5.21. The Morgan fingerprint density at radius 2 is 1.77 bits per heavy atom. The number of anilines is 2. The summed E-state index contributed by atoms with van der Waals surface area (Å²) in [7, 11) is -3.40. The van der Waals surface area contributed by atoms with Crippen LogP contribution in [0, 0.1) is 11.3 Å². The minimum atomic E-state index is -3.40. The van der Waals surface area contributed by atoms with Crippen molar-refractivity contribution in [3.05, 3.63) is 48.4 Å². The zero-order valence-electron chi connectivity index (χ0n) is 19.7. The number of fused-ring (bicyclic) bond motifs is 1. The number of nitrogens with zero attached hydrogens (tertiary/aromatic N) is 2. The summed E-state index contributed by atoms with van der Waals surface area (Å²) in [6.45, 7) is 1.92. The van der Waals surface area contributed by atoms with Crippen LogP contribution in [0.3, 0.4) is 0 Å². The third-order valence-corrected chi connectivity index (χ3v) is 6.58. The molecule has 0 aliphatic heterocycles. The fraction of sp³-hybridized carbons (Fsp3) is 0.400. The molecule has 0 bridgehead atoms. The Balaban J connectivity index is 1.43. The number of amides is 1. The molecule has 0 saturated heterocycles. The lowest BCUT2D eigenvalue weighted by atomic mass is 10.1. The van der Waals surface area contributed by atoms with E-state index in [4.69, 9.17) is 14.4 Å². The average Bonchev–Trinajstić information content (AvgIpc) is 3.22. The number of carbonyl (C=O) groups excluding carboxylic acids is 1. The molecule has 1 aromatic heterocycles. The molecule has 0 aliphatic rings. The van der Waals surface area contributed by atoms with E-state index in [0.29, 0.717) is 40.5 Å². The Morgan fingerprint density at radius 1 is 1.06 bits per heavy atom. The van der Waals surface area contributed by atoms with Gasteiger partial charge < -0.3 is 14.5 Å². The minimum Gasteiger partial charge on any atom is -0.484 e. The van der Waals surface area contributed by atoms with Crippen molar-refractivity contribution in [3.63, 3.8) is 0 Å². The van der Waals surface area contributed by atoms with Crippen LogP contribution in [0.4, 0.5) is 11.4 Å². The van der Waals surface area contributed by atoms with Crippen LogP contribution < -0.4 is 14.8 Å². The maximum absolute atomic E-state index is 12.3. The number of hydrogen-bond donors (Lipinski definition) is 2. The van der Waals surface area contributed by atoms with E-state index in [2.05, 4.69) is 21.9 Å². The monoisotopic (exact) mass is 498 g/mol. The number of rotatable bonds is 14. The second-order valence-electron chi connectivity index (χ2n) is 8.17. The molecule has 0 unspecified atom stereocenters. The van der Waals surface area contributed by atoms with Gasteiger partial charge in [0.15, 0.2) is 12.2 Å². The number of nitriles is 1. The van der Waals surface area contributed by atoms with Gasteiger partial charge in [0, 0.05) is 17.4 Å². The first-order valence-electron chi connectivity index (χ1n) is 11.7. The predicted molar refractivity (Wildman–Crippen MR) is 135 cm³/mol. The van der Waals surface area contributed by atoms with E-state index in [1.54, 1.807) is 42.5 Å². The summed E-state index contributed by atoms with van der Waals surface area (Å²) in [6.07, 6.45) is 6.17. The van der Waals surface area contributed by atoms with Gasteiger partial charge in [0.05, 0.1) is 11.8 Å². The van der Waals surface area contributed by atoms with Gasteiger partial charge >= 0.3 is 0 Å². The lowest BCUT2D eigenvalue weighted by Gasteiger charge is -2.10. The largest absolute Gasteiger partial charge is 0.484 e. The molecular formula is C25H30N4O5S. The second kappa shape index (κ2) is 12.8. The molecule has 0 saturated carbocycles. The molecule has 2 aromatic carbocycles. The van der Waals surface area contributed by atoms with Crippen molar-refractivity contribution < 1.29 is 22.4 Å². The maximum atomic E-state index is 12.3. The first-order valence-corrected chi connectivity index (χ1v) is 13.3. The van der Waals surface area contributed by atoms with Crippen molar-refractivity contribution in [1.82, 2.24) is 4.98 Å². The zero-order valence-corrected chi connectivity index (χ0v) is 20.6. The third kappa shape index (κ3) is 8.61. The van der Waals surface area contributed by atoms with Crippen LogP contribution in [0.5, 0.6) is 5.75 Å². The highest BCUT2D eigenvalue weighted by Crippen LogP contribution is 2.21. The smallest absolute Gasteiger partial charge is 0.262 e. The van der Waals surface area contributed by atoms with Gasteiger partial charge in [0.25, 0.3) is 5.91 Å². The number of carbonyl (C=O) groups is 1. The molecule has 0 spiro atoms. The highest BCUT2D eigenvalue weighted by atomic mass is 32.2. The molecule has 0 radical (unpaired) electrons. The van der Waals surface area contributed by atoms with Gasteiger partial charge in [-0.25, -0.2) is 13.4 Å². The SMILES string of the molecule is CCCCCCCCS(=O)(=O)Nc1ccc(OCC(=O)Nc2ccc3nc(CC#N)oc3c2)cc1. The summed E-state index contributed by atoms with van der Waals surface area (Å²) in [6, 6.07) is 13.4. The van der Waals surface area contributed by atoms with Crippen molar-refractivity contribution in [3.8, 4) is 11.8 Å². The average molecular weight is 499 g/mol. The predicted octanol–water partition coefficient (Wildman–Crippen LogP) is 5.01. The van der Waals surface area contributed by atoms with Crippen LogP contribution in [-0.2, 0) is 21.2 Å². The molecule has 0 fully saturated rings. The topological polar surface area (TPSA) is 134 Å². The van der Waals surface area contributed by atoms with Crippen LogP contribution in [0.2, 0.25) is 0 Å². The van der Waals surface area contributed by atoms with Crippen molar-refractivity contribution >= 4 is 38.4 Å². The Kier molecular flexibility index (Phi) is 9.49. The summed E-state index contributed by atoms with van der Waals surface area (Å²) in [5.74, 6) is 0.481. The lowest BCUT2D eigenvalue weighted by Crippen LogP contribution is -2.20. The number of sulfonamides is 1. The molecule has 10 heteroatoms. The molecule has 35 heavy (non-hydrogen) atoms. The Labute approximate surface area is 205 Å². The van der Waals surface area contributed by atoms with E-state index in [1.807, 2.05) is 6.07 Å². The number of unbranched alkanes of at least 4 members (excludes halogenated alkanes) is 5. The van der Waals surface area contributed by atoms with Gasteiger partial charge in [-0.2, -0.15) is 5.26 Å². The van der Waals surface area contributed by atoms with Crippen LogP contribution in [0.15, 0.2) is 46.9 Å². The summed E-state index contributed by atoms with van der Waals surface area (Å²) >= 11 is 0. The van der Waals surface area contributed by atoms with Gasteiger partial charge in [0.1, 0.15) is 17.7 Å². The van der Waals surface area contributed by atoms with E-state index < -0.39 is 10.0 Å². The second-order valence-corrected chi connectivity index (χ2v) is 10.0. The van der Waals surface area contributed by atoms with Gasteiger partial charge in [-0.05, 0) is 42.8 Å². The molecule has 3 rings (SSSR count). The van der Waals surface area contributed by atoms with Crippen molar-refractivity contribution in [1.29, 1.82) is 5.26 Å². The zero-order chi connectivity index (χ0) is 25.1. The van der Waals surface area contributed by atoms with E-state index in [0.717, 1.165) is 25.7 Å². The number of benzene rings is 2. The molecular weight excluding hydrogens is 468 g/mol. The summed E-state index contributed by atoms with van der Waals surface area (Å²) in [5.41, 5.74) is 2.04. The van der Waals surface area contributed by atoms with Gasteiger partial charge in [-0.15, -0.1) is 0 Å². The Hall–Kier alpha value is -3.58. The molecule has 186 valence electrons. The van der Waals surface area contributed by atoms with E-state index in [1.165, 1.54) is 6.42 Å². The highest BCUT2D eigenvalue weighted by Gasteiger charge is 2.11. The van der Waals surface area contributed by atoms with Crippen molar-refractivity contribution in [2.24, 2.45) is 0 Å². The van der Waals surface area contributed by atoms with Crippen LogP contribution in [0.1, 0.15) is 51.3 Å². The maximum Gasteiger partial charge on any atom is 0.262 e. The molecule has 2 N–H and O–H groups in total. The fourth-order valence-electron chi connectivity index (χ4n) is 3.46. The Bertz CT molecular complexity index is 1260. The molecule has 0 atom stereocenters. The normalized spacial score (nSPS) is 11.2. The molecule has 3 aromatic rings. The number of hydrogen-bond acceptors (Lipinski definition) is 7. The van der Waals surface area contributed by atoms with Gasteiger partial charge in [-0.1, -0.05) is 39.0 Å². The number of oxazole rings is 1. The van der Waals surface area contributed by atoms with Crippen molar-refractivity contribution in [2.75, 3.05) is 22.4 Å². The fourth-order valence-corrected chi connectivity index (χ4v) is 4.64. The van der Waals surface area contributed by atoms with Gasteiger partial charge in [0.2, 0.25) is 15.9 Å². The van der Waals surface area contributed by atoms with Crippen LogP contribution >= 0.6 is 0 Å². The first-order chi connectivity index (χ1) is 16.9. The molecule has 1 amide bonds. The number of aromatic nitrogens is 1. The Morgan fingerprint density at radius 3 is 2.51 bits per heavy atom. The highest BCUT2D eigenvalue weighted by molar-refractivity contribution is 7.92. The quantitative estimate of drug-likeness (QED) is 0.298. The first kappa shape index (κ1) is 26.0. The molecule has 0 aliphatic carbocycles. The summed E-state index contributed by atoms with van der Waals surface area (Å²) in [4.78, 5) is 16.4. The molecule has 1 heterocycles. The lowest BCUT2D eigenvalue weighted by molar-refractivity contribution is -0.118.